The predicted molar refractivity (Wildman–Crippen MR) is 101 cm³/mol. The minimum absolute atomic E-state index is 0.124. The molecule has 2 heterocycles. The quantitative estimate of drug-likeness (QED) is 0.756. The first-order chi connectivity index (χ1) is 12.7. The Balaban J connectivity index is 2.03. The van der Waals surface area contributed by atoms with Crippen LogP contribution in [-0.4, -0.2) is 14.2 Å². The number of allylic oxidation sites excluding steroid dienone is 1. The number of benzene rings is 2. The topological polar surface area (TPSA) is 77.5 Å². The average Bonchev–Trinajstić information content (AvgIpc) is 3.04. The van der Waals surface area contributed by atoms with E-state index in [1.165, 1.54) is 0 Å². The number of fused-ring (bicyclic) bond motifs is 3. The molecule has 1 atom stereocenters. The summed E-state index contributed by atoms with van der Waals surface area (Å²) in [6.45, 7) is 0. The van der Waals surface area contributed by atoms with E-state index in [9.17, 15) is 5.26 Å². The summed E-state index contributed by atoms with van der Waals surface area (Å²) in [5.41, 5.74) is 7.30. The molecule has 3 aromatic rings. The summed E-state index contributed by atoms with van der Waals surface area (Å²) < 4.78 is 18.0. The number of nitrogens with zero attached hydrogens (tertiary/aromatic N) is 1. The summed E-state index contributed by atoms with van der Waals surface area (Å²) >= 11 is 1.59. The second-order valence-corrected chi connectivity index (χ2v) is 6.88. The molecule has 130 valence electrons. The summed E-state index contributed by atoms with van der Waals surface area (Å²) in [7, 11) is 3.18. The number of para-hydroxylation sites is 1. The first-order valence-corrected chi connectivity index (χ1v) is 8.81. The molecule has 4 rings (SSSR count). The van der Waals surface area contributed by atoms with Crippen LogP contribution in [0, 0.1) is 11.3 Å². The van der Waals surface area contributed by atoms with Crippen molar-refractivity contribution in [2.75, 3.05) is 14.2 Å². The van der Waals surface area contributed by atoms with Crippen LogP contribution < -0.4 is 19.9 Å². The monoisotopic (exact) mass is 364 g/mol. The van der Waals surface area contributed by atoms with Gasteiger partial charge in [-0.05, 0) is 18.2 Å². The van der Waals surface area contributed by atoms with E-state index in [1.54, 1.807) is 25.6 Å². The molecule has 0 radical (unpaired) electrons. The molecule has 1 aliphatic heterocycles. The molecule has 26 heavy (non-hydrogen) atoms. The Bertz CT molecular complexity index is 1080. The molecule has 0 saturated heterocycles. The number of ether oxygens (including phenoxy) is 3. The lowest BCUT2D eigenvalue weighted by Crippen LogP contribution is -2.20. The van der Waals surface area contributed by atoms with Gasteiger partial charge in [-0.1, -0.05) is 24.3 Å². The highest BCUT2D eigenvalue weighted by atomic mass is 32.1. The van der Waals surface area contributed by atoms with Gasteiger partial charge in [0, 0.05) is 15.6 Å². The van der Waals surface area contributed by atoms with E-state index in [4.69, 9.17) is 19.9 Å². The third kappa shape index (κ3) is 2.29. The van der Waals surface area contributed by atoms with Gasteiger partial charge in [0.05, 0.1) is 25.0 Å². The molecule has 1 aromatic heterocycles. The van der Waals surface area contributed by atoms with Crippen LogP contribution in [0.4, 0.5) is 0 Å². The van der Waals surface area contributed by atoms with Crippen molar-refractivity contribution < 1.29 is 14.2 Å². The van der Waals surface area contributed by atoms with Crippen LogP contribution in [0.5, 0.6) is 17.2 Å². The van der Waals surface area contributed by atoms with Crippen molar-refractivity contribution in [1.82, 2.24) is 0 Å². The Morgan fingerprint density at radius 3 is 2.65 bits per heavy atom. The van der Waals surface area contributed by atoms with Gasteiger partial charge < -0.3 is 19.9 Å². The van der Waals surface area contributed by atoms with Crippen molar-refractivity contribution in [3.8, 4) is 23.3 Å². The van der Waals surface area contributed by atoms with Crippen molar-refractivity contribution in [3.63, 3.8) is 0 Å². The van der Waals surface area contributed by atoms with Crippen LogP contribution in [0.15, 0.2) is 53.9 Å². The summed E-state index contributed by atoms with van der Waals surface area (Å²) in [5.74, 6) is 1.66. The van der Waals surface area contributed by atoms with Gasteiger partial charge in [-0.15, -0.1) is 11.3 Å². The number of hydrogen-bond acceptors (Lipinski definition) is 6. The Labute approximate surface area is 154 Å². The fourth-order valence-corrected chi connectivity index (χ4v) is 4.59. The Hall–Kier alpha value is -3.17. The molecule has 2 N–H and O–H groups in total. The molecule has 6 heteroatoms. The van der Waals surface area contributed by atoms with E-state index in [0.29, 0.717) is 22.8 Å². The van der Waals surface area contributed by atoms with E-state index in [0.717, 1.165) is 20.5 Å². The molecule has 0 unspecified atom stereocenters. The van der Waals surface area contributed by atoms with Gasteiger partial charge in [0.2, 0.25) is 5.88 Å². The van der Waals surface area contributed by atoms with Crippen LogP contribution in [0.3, 0.4) is 0 Å². The second kappa shape index (κ2) is 6.28. The normalized spacial score (nSPS) is 16.0. The van der Waals surface area contributed by atoms with Crippen LogP contribution >= 0.6 is 11.3 Å². The zero-order valence-electron chi connectivity index (χ0n) is 14.3. The number of nitrogens with two attached hydrogens (primary N) is 1. The minimum Gasteiger partial charge on any atom is -0.493 e. The standard InChI is InChI=1S/C20H16N2O3S/c1-23-14-8-5-7-12(17(14)24-2)16-13(10-21)20(22)25-18-11-6-3-4-9-15(11)26-19(16)18/h3-9,16H,22H2,1-2H3/t16-/m1/s1. The number of methoxy groups -OCH3 is 2. The molecule has 0 spiro atoms. The maximum atomic E-state index is 9.75. The third-order valence-electron chi connectivity index (χ3n) is 4.47. The maximum Gasteiger partial charge on any atom is 0.205 e. The first-order valence-electron chi connectivity index (χ1n) is 7.99. The summed E-state index contributed by atoms with van der Waals surface area (Å²) in [6.07, 6.45) is 0. The summed E-state index contributed by atoms with van der Waals surface area (Å²) in [6, 6.07) is 15.8. The number of rotatable bonds is 3. The Kier molecular flexibility index (Phi) is 3.94. The zero-order chi connectivity index (χ0) is 18.3. The molecule has 0 saturated carbocycles. The molecule has 0 bridgehead atoms. The van der Waals surface area contributed by atoms with Crippen molar-refractivity contribution in [2.45, 2.75) is 5.92 Å². The number of hydrogen-bond donors (Lipinski definition) is 1. The second-order valence-electron chi connectivity index (χ2n) is 5.80. The van der Waals surface area contributed by atoms with Gasteiger partial charge in [-0.25, -0.2) is 0 Å². The lowest BCUT2D eigenvalue weighted by atomic mass is 9.87. The number of thiophene rings is 1. The third-order valence-corrected chi connectivity index (χ3v) is 5.69. The predicted octanol–water partition coefficient (Wildman–Crippen LogP) is 4.14. The largest absolute Gasteiger partial charge is 0.493 e. The van der Waals surface area contributed by atoms with Gasteiger partial charge in [-0.3, -0.25) is 0 Å². The molecule has 5 nitrogen and oxygen atoms in total. The van der Waals surface area contributed by atoms with Gasteiger partial charge in [0.1, 0.15) is 11.6 Å². The van der Waals surface area contributed by atoms with Crippen LogP contribution in [0.2, 0.25) is 0 Å². The molecule has 1 aliphatic rings. The summed E-state index contributed by atoms with van der Waals surface area (Å²) in [4.78, 5) is 0.934. The fourth-order valence-electron chi connectivity index (χ4n) is 3.33. The van der Waals surface area contributed by atoms with Gasteiger partial charge >= 0.3 is 0 Å². The van der Waals surface area contributed by atoms with Crippen molar-refractivity contribution in [2.24, 2.45) is 5.73 Å². The molecule has 0 amide bonds. The van der Waals surface area contributed by atoms with Crippen molar-refractivity contribution in [3.05, 3.63) is 64.4 Å². The van der Waals surface area contributed by atoms with Gasteiger partial charge in [0.25, 0.3) is 0 Å². The van der Waals surface area contributed by atoms with Crippen LogP contribution in [0.25, 0.3) is 10.1 Å². The molecule has 0 aliphatic carbocycles. The molecule has 2 aromatic carbocycles. The Morgan fingerprint density at radius 1 is 1.12 bits per heavy atom. The SMILES string of the molecule is COc1cccc([C@@H]2C(C#N)=C(N)Oc3c2sc2ccccc32)c1OC. The van der Waals surface area contributed by atoms with E-state index >= 15 is 0 Å². The zero-order valence-corrected chi connectivity index (χ0v) is 15.1. The lowest BCUT2D eigenvalue weighted by Gasteiger charge is -2.25. The van der Waals surface area contributed by atoms with Crippen LogP contribution in [-0.2, 0) is 0 Å². The fraction of sp³-hybridized carbons (Fsp3) is 0.150. The average molecular weight is 364 g/mol. The minimum atomic E-state index is -0.369. The van der Waals surface area contributed by atoms with Crippen molar-refractivity contribution in [1.29, 1.82) is 5.26 Å². The van der Waals surface area contributed by atoms with E-state index in [-0.39, 0.29) is 11.8 Å². The number of nitriles is 1. The highest BCUT2D eigenvalue weighted by Crippen LogP contribution is 2.52. The highest BCUT2D eigenvalue weighted by molar-refractivity contribution is 7.19. The van der Waals surface area contributed by atoms with Gasteiger partial charge in [0.15, 0.2) is 17.2 Å². The maximum absolute atomic E-state index is 9.75. The van der Waals surface area contributed by atoms with Crippen molar-refractivity contribution >= 4 is 21.4 Å². The van der Waals surface area contributed by atoms with E-state index < -0.39 is 0 Å². The first kappa shape index (κ1) is 16.3. The lowest BCUT2D eigenvalue weighted by molar-refractivity contribution is 0.349. The van der Waals surface area contributed by atoms with Crippen LogP contribution in [0.1, 0.15) is 16.4 Å². The van der Waals surface area contributed by atoms with Gasteiger partial charge in [-0.2, -0.15) is 5.26 Å². The molecular formula is C20H16N2O3S. The smallest absolute Gasteiger partial charge is 0.205 e. The van der Waals surface area contributed by atoms with E-state index in [1.807, 2.05) is 42.5 Å². The Morgan fingerprint density at radius 2 is 1.92 bits per heavy atom. The summed E-state index contributed by atoms with van der Waals surface area (Å²) in [5, 5.41) is 10.7. The molecule has 0 fully saturated rings. The molecular weight excluding hydrogens is 348 g/mol. The van der Waals surface area contributed by atoms with E-state index in [2.05, 4.69) is 6.07 Å². The highest BCUT2D eigenvalue weighted by Gasteiger charge is 2.36.